The second-order valence-corrected chi connectivity index (χ2v) is 8.78. The molecule has 2 aromatic rings. The molecule has 1 heterocycles. The molecule has 0 aromatic heterocycles. The molecule has 35 heavy (non-hydrogen) atoms. The van der Waals surface area contributed by atoms with Crippen molar-refractivity contribution in [3.63, 3.8) is 0 Å². The maximum Gasteiger partial charge on any atom is 0.416 e. The summed E-state index contributed by atoms with van der Waals surface area (Å²) >= 11 is 0. The number of amides is 1. The van der Waals surface area contributed by atoms with E-state index in [9.17, 15) is 35.5 Å². The third-order valence-electron chi connectivity index (χ3n) is 6.12. The van der Waals surface area contributed by atoms with E-state index in [2.05, 4.69) is 10.2 Å². The summed E-state index contributed by atoms with van der Waals surface area (Å²) in [6.07, 6.45) is -5.46. The number of nitrogens with zero attached hydrogens (tertiary/aromatic N) is 1. The van der Waals surface area contributed by atoms with Crippen molar-refractivity contribution in [2.75, 3.05) is 19.6 Å². The monoisotopic (exact) mass is 504 g/mol. The molecule has 1 saturated heterocycles. The lowest BCUT2D eigenvalue weighted by Crippen LogP contribution is -2.32. The average Bonchev–Trinajstić information content (AvgIpc) is 2.80. The number of piperidine rings is 1. The number of nitrogens with one attached hydrogen (secondary N) is 1. The van der Waals surface area contributed by atoms with Crippen molar-refractivity contribution in [1.29, 1.82) is 0 Å². The van der Waals surface area contributed by atoms with E-state index in [0.717, 1.165) is 32.5 Å². The zero-order valence-electron chi connectivity index (χ0n) is 19.0. The van der Waals surface area contributed by atoms with Crippen molar-refractivity contribution >= 4 is 5.91 Å². The lowest BCUT2D eigenvalue weighted by atomic mass is 9.92. The van der Waals surface area contributed by atoms with Crippen LogP contribution in [0.2, 0.25) is 0 Å². The molecule has 0 spiro atoms. The Morgan fingerprint density at radius 2 is 1.46 bits per heavy atom. The van der Waals surface area contributed by atoms with E-state index in [-0.39, 0.29) is 11.6 Å². The summed E-state index contributed by atoms with van der Waals surface area (Å²) in [6.45, 7) is 2.22. The van der Waals surface area contributed by atoms with Crippen LogP contribution in [0.25, 0.3) is 0 Å². The number of hydrogen-bond acceptors (Lipinski definition) is 2. The van der Waals surface area contributed by atoms with E-state index in [4.69, 9.17) is 0 Å². The molecule has 1 aliphatic rings. The zero-order chi connectivity index (χ0) is 25.6. The Morgan fingerprint density at radius 3 is 2.00 bits per heavy atom. The highest BCUT2D eigenvalue weighted by Gasteiger charge is 2.37. The fraction of sp³-hybridized carbons (Fsp3) is 0.480. The van der Waals surface area contributed by atoms with Crippen LogP contribution in [0.3, 0.4) is 0 Å². The second-order valence-electron chi connectivity index (χ2n) is 8.78. The van der Waals surface area contributed by atoms with Crippen molar-refractivity contribution in [2.24, 2.45) is 0 Å². The highest BCUT2D eigenvalue weighted by atomic mass is 19.4. The van der Waals surface area contributed by atoms with E-state index in [0.29, 0.717) is 30.5 Å². The number of likely N-dealkylation sites (tertiary alicyclic amines) is 1. The van der Waals surface area contributed by atoms with Gasteiger partial charge in [0.15, 0.2) is 0 Å². The number of hydrogen-bond donors (Lipinski definition) is 1. The Labute approximate surface area is 199 Å². The van der Waals surface area contributed by atoms with Gasteiger partial charge in [-0.05, 0) is 86.8 Å². The van der Waals surface area contributed by atoms with Gasteiger partial charge in [-0.3, -0.25) is 4.79 Å². The minimum Gasteiger partial charge on any atom is -0.351 e. The SMILES string of the molecule is O=C(NCc1cc(C(F)(F)F)cc(C(F)(F)F)c1)[C@@H](CCCN1CCCCC1)c1ccc(F)cc1. The fourth-order valence-electron chi connectivity index (χ4n) is 4.28. The van der Waals surface area contributed by atoms with Gasteiger partial charge in [-0.25, -0.2) is 4.39 Å². The molecular formula is C25H27F7N2O. The van der Waals surface area contributed by atoms with Gasteiger partial charge in [0.2, 0.25) is 5.91 Å². The Morgan fingerprint density at radius 1 is 0.886 bits per heavy atom. The maximum atomic E-state index is 13.4. The minimum absolute atomic E-state index is 0.0488. The summed E-state index contributed by atoms with van der Waals surface area (Å²) in [5.41, 5.74) is -2.66. The molecule has 0 aliphatic carbocycles. The predicted molar refractivity (Wildman–Crippen MR) is 117 cm³/mol. The van der Waals surface area contributed by atoms with E-state index < -0.39 is 47.7 Å². The van der Waals surface area contributed by atoms with Crippen LogP contribution in [0.5, 0.6) is 0 Å². The first-order chi connectivity index (χ1) is 16.4. The van der Waals surface area contributed by atoms with Crippen LogP contribution in [-0.2, 0) is 23.7 Å². The summed E-state index contributed by atoms with van der Waals surface area (Å²) in [6, 6.07) is 6.59. The zero-order valence-corrected chi connectivity index (χ0v) is 19.0. The van der Waals surface area contributed by atoms with E-state index >= 15 is 0 Å². The Bertz CT molecular complexity index is 949. The molecule has 0 saturated carbocycles. The summed E-state index contributed by atoms with van der Waals surface area (Å²) in [5, 5.41) is 2.48. The maximum absolute atomic E-state index is 13.4. The lowest BCUT2D eigenvalue weighted by Gasteiger charge is -2.27. The number of carbonyl (C=O) groups is 1. The average molecular weight is 504 g/mol. The number of alkyl halides is 6. The molecule has 10 heteroatoms. The number of halogens is 7. The van der Waals surface area contributed by atoms with Crippen molar-refractivity contribution in [3.8, 4) is 0 Å². The van der Waals surface area contributed by atoms with Crippen molar-refractivity contribution in [2.45, 2.75) is 56.9 Å². The topological polar surface area (TPSA) is 32.3 Å². The summed E-state index contributed by atoms with van der Waals surface area (Å²) in [5.74, 6) is -1.74. The first-order valence-corrected chi connectivity index (χ1v) is 11.5. The van der Waals surface area contributed by atoms with Gasteiger partial charge >= 0.3 is 12.4 Å². The van der Waals surface area contributed by atoms with Gasteiger partial charge in [-0.1, -0.05) is 18.6 Å². The first-order valence-electron chi connectivity index (χ1n) is 11.5. The molecular weight excluding hydrogens is 477 g/mol. The smallest absolute Gasteiger partial charge is 0.351 e. The normalized spacial score (nSPS) is 16.2. The Kier molecular flexibility index (Phi) is 8.79. The van der Waals surface area contributed by atoms with Crippen molar-refractivity contribution < 1.29 is 35.5 Å². The summed E-state index contributed by atoms with van der Waals surface area (Å²) in [7, 11) is 0. The largest absolute Gasteiger partial charge is 0.416 e. The van der Waals surface area contributed by atoms with Crippen LogP contribution in [-0.4, -0.2) is 30.4 Å². The van der Waals surface area contributed by atoms with E-state index in [1.165, 1.54) is 30.7 Å². The lowest BCUT2D eigenvalue weighted by molar-refractivity contribution is -0.143. The highest BCUT2D eigenvalue weighted by Crippen LogP contribution is 2.36. The van der Waals surface area contributed by atoms with Gasteiger partial charge in [-0.15, -0.1) is 0 Å². The van der Waals surface area contributed by atoms with Crippen molar-refractivity contribution in [1.82, 2.24) is 10.2 Å². The van der Waals surface area contributed by atoms with Gasteiger partial charge in [-0.2, -0.15) is 26.3 Å². The van der Waals surface area contributed by atoms with Gasteiger partial charge in [0.05, 0.1) is 17.0 Å². The predicted octanol–water partition coefficient (Wildman–Crippen LogP) is 6.53. The van der Waals surface area contributed by atoms with Crippen LogP contribution < -0.4 is 5.32 Å². The molecule has 0 unspecified atom stereocenters. The number of rotatable bonds is 8. The molecule has 3 rings (SSSR count). The van der Waals surface area contributed by atoms with Gasteiger partial charge in [0.1, 0.15) is 5.82 Å². The van der Waals surface area contributed by atoms with Crippen molar-refractivity contribution in [3.05, 3.63) is 70.5 Å². The Balaban J connectivity index is 1.73. The molecule has 0 radical (unpaired) electrons. The fourth-order valence-corrected chi connectivity index (χ4v) is 4.28. The number of carbonyl (C=O) groups excluding carboxylic acids is 1. The first kappa shape index (κ1) is 27.0. The third-order valence-corrected chi connectivity index (χ3v) is 6.12. The van der Waals surface area contributed by atoms with Gasteiger partial charge < -0.3 is 10.2 Å². The molecule has 1 aliphatic heterocycles. The van der Waals surface area contributed by atoms with Crippen LogP contribution >= 0.6 is 0 Å². The molecule has 1 N–H and O–H groups in total. The highest BCUT2D eigenvalue weighted by molar-refractivity contribution is 5.83. The molecule has 1 amide bonds. The van der Waals surface area contributed by atoms with Crippen LogP contribution in [0.1, 0.15) is 60.3 Å². The summed E-state index contributed by atoms with van der Waals surface area (Å²) < 4.78 is 92.1. The molecule has 192 valence electrons. The minimum atomic E-state index is -4.97. The molecule has 1 atom stereocenters. The van der Waals surface area contributed by atoms with E-state index in [1.807, 2.05) is 0 Å². The van der Waals surface area contributed by atoms with E-state index in [1.54, 1.807) is 0 Å². The molecule has 0 bridgehead atoms. The molecule has 3 nitrogen and oxygen atoms in total. The third kappa shape index (κ3) is 7.95. The van der Waals surface area contributed by atoms with Gasteiger partial charge in [0.25, 0.3) is 0 Å². The number of benzene rings is 2. The van der Waals surface area contributed by atoms with Gasteiger partial charge in [0, 0.05) is 6.54 Å². The standard InChI is InChI=1S/C25H27F7N2O/c26-21-8-6-18(7-9-21)22(5-4-12-34-10-2-1-3-11-34)23(35)33-16-17-13-19(24(27,28)29)15-20(14-17)25(30,31)32/h6-9,13-15,22H,1-5,10-12,16H2,(H,33,35)/t22-/m0/s1. The molecule has 1 fully saturated rings. The summed E-state index contributed by atoms with van der Waals surface area (Å²) in [4.78, 5) is 15.3. The van der Waals surface area contributed by atoms with Crippen LogP contribution in [0.15, 0.2) is 42.5 Å². The molecule has 2 aromatic carbocycles. The Hall–Kier alpha value is -2.62. The quantitative estimate of drug-likeness (QED) is 0.415. The van der Waals surface area contributed by atoms with Crippen LogP contribution in [0.4, 0.5) is 30.7 Å². The second kappa shape index (κ2) is 11.4. The van der Waals surface area contributed by atoms with Crippen LogP contribution in [0, 0.1) is 5.82 Å².